The van der Waals surface area contributed by atoms with Gasteiger partial charge in [-0.25, -0.2) is 8.42 Å². The Kier molecular flexibility index (Phi) is 4.99. The number of benzene rings is 2. The van der Waals surface area contributed by atoms with Gasteiger partial charge in [-0.15, -0.1) is 0 Å². The normalized spacial score (nSPS) is 16.7. The van der Waals surface area contributed by atoms with E-state index in [0.717, 1.165) is 11.3 Å². The van der Waals surface area contributed by atoms with Crippen LogP contribution in [0, 0.1) is 0 Å². The van der Waals surface area contributed by atoms with Crippen LogP contribution in [-0.2, 0) is 15.4 Å². The summed E-state index contributed by atoms with van der Waals surface area (Å²) in [5, 5.41) is 9.62. The first kappa shape index (κ1) is 18.7. The Hall–Kier alpha value is -2.05. The van der Waals surface area contributed by atoms with Crippen LogP contribution in [0.2, 0.25) is 0 Å². The van der Waals surface area contributed by atoms with Crippen molar-refractivity contribution >= 4 is 15.7 Å². The van der Waals surface area contributed by atoms with Gasteiger partial charge in [0.2, 0.25) is 10.0 Å². The summed E-state index contributed by atoms with van der Waals surface area (Å²) in [6, 6.07) is 14.3. The van der Waals surface area contributed by atoms with Gasteiger partial charge in [-0.3, -0.25) is 0 Å². The molecule has 0 amide bonds. The van der Waals surface area contributed by atoms with Gasteiger partial charge in [0, 0.05) is 37.9 Å². The molecule has 1 N–H and O–H groups in total. The molecule has 140 valence electrons. The maximum absolute atomic E-state index is 12.9. The molecule has 1 aliphatic rings. The van der Waals surface area contributed by atoms with E-state index in [1.807, 2.05) is 18.2 Å². The van der Waals surface area contributed by atoms with Crippen molar-refractivity contribution in [1.82, 2.24) is 4.31 Å². The van der Waals surface area contributed by atoms with Crippen molar-refractivity contribution < 1.29 is 13.5 Å². The van der Waals surface area contributed by atoms with Gasteiger partial charge in [0.25, 0.3) is 0 Å². The Bertz CT molecular complexity index is 863. The zero-order chi connectivity index (χ0) is 18.9. The first-order valence-corrected chi connectivity index (χ1v) is 10.3. The summed E-state index contributed by atoms with van der Waals surface area (Å²) in [7, 11) is -3.48. The predicted molar refractivity (Wildman–Crippen MR) is 104 cm³/mol. The fourth-order valence-corrected chi connectivity index (χ4v) is 4.57. The molecule has 0 spiro atoms. The maximum atomic E-state index is 12.9. The smallest absolute Gasteiger partial charge is 0.243 e. The van der Waals surface area contributed by atoms with Gasteiger partial charge < -0.3 is 10.0 Å². The molecule has 0 saturated carbocycles. The van der Waals surface area contributed by atoms with E-state index in [0.29, 0.717) is 31.1 Å². The largest absolute Gasteiger partial charge is 0.508 e. The van der Waals surface area contributed by atoms with Gasteiger partial charge in [-0.1, -0.05) is 39.0 Å². The Balaban J connectivity index is 1.72. The highest BCUT2D eigenvalue weighted by Gasteiger charge is 2.29. The van der Waals surface area contributed by atoms with Crippen molar-refractivity contribution in [1.29, 1.82) is 0 Å². The number of hydrogen-bond donors (Lipinski definition) is 1. The molecule has 2 aromatic carbocycles. The lowest BCUT2D eigenvalue weighted by molar-refractivity contribution is 0.384. The van der Waals surface area contributed by atoms with Crippen molar-refractivity contribution in [3.05, 3.63) is 54.1 Å². The summed E-state index contributed by atoms with van der Waals surface area (Å²) in [4.78, 5) is 2.44. The molecule has 1 aliphatic heterocycles. The third-order valence-electron chi connectivity index (χ3n) is 4.79. The van der Waals surface area contributed by atoms with E-state index in [9.17, 15) is 13.5 Å². The fraction of sp³-hybridized carbons (Fsp3) is 0.400. The number of sulfonamides is 1. The molecule has 1 fully saturated rings. The minimum atomic E-state index is -3.48. The zero-order valence-electron chi connectivity index (χ0n) is 15.5. The molecule has 0 radical (unpaired) electrons. The summed E-state index contributed by atoms with van der Waals surface area (Å²) >= 11 is 0. The van der Waals surface area contributed by atoms with E-state index in [4.69, 9.17) is 0 Å². The topological polar surface area (TPSA) is 60.9 Å². The van der Waals surface area contributed by atoms with Crippen LogP contribution < -0.4 is 4.90 Å². The Labute approximate surface area is 155 Å². The number of piperazine rings is 1. The standard InChI is InChI=1S/C20H26N2O3S/c1-20(2,3)16-7-9-19(10-8-16)26(24,25)22-13-11-21(12-14-22)17-5-4-6-18(23)15-17/h4-10,15,23H,11-14H2,1-3H3. The summed E-state index contributed by atoms with van der Waals surface area (Å²) in [6.45, 7) is 8.38. The number of anilines is 1. The van der Waals surface area contributed by atoms with Gasteiger partial charge in [0.1, 0.15) is 5.75 Å². The molecule has 0 aromatic heterocycles. The summed E-state index contributed by atoms with van der Waals surface area (Å²) in [6.07, 6.45) is 0. The number of hydrogen-bond acceptors (Lipinski definition) is 4. The van der Waals surface area contributed by atoms with E-state index >= 15 is 0 Å². The maximum Gasteiger partial charge on any atom is 0.243 e. The minimum absolute atomic E-state index is 0.00480. The van der Waals surface area contributed by atoms with Crippen molar-refractivity contribution in [3.8, 4) is 5.75 Å². The van der Waals surface area contributed by atoms with Crippen LogP contribution in [0.25, 0.3) is 0 Å². The Morgan fingerprint density at radius 1 is 0.923 bits per heavy atom. The van der Waals surface area contributed by atoms with E-state index in [1.54, 1.807) is 34.6 Å². The van der Waals surface area contributed by atoms with Gasteiger partial charge in [0.15, 0.2) is 0 Å². The van der Waals surface area contributed by atoms with Crippen LogP contribution in [0.5, 0.6) is 5.75 Å². The fourth-order valence-electron chi connectivity index (χ4n) is 3.15. The lowest BCUT2D eigenvalue weighted by Crippen LogP contribution is -2.48. The second-order valence-electron chi connectivity index (χ2n) is 7.69. The number of rotatable bonds is 3. The van der Waals surface area contributed by atoms with Gasteiger partial charge in [-0.2, -0.15) is 4.31 Å². The summed E-state index contributed by atoms with van der Waals surface area (Å²) in [5.41, 5.74) is 2.02. The third-order valence-corrected chi connectivity index (χ3v) is 6.70. The average molecular weight is 375 g/mol. The van der Waals surface area contributed by atoms with Crippen LogP contribution >= 0.6 is 0 Å². The molecular weight excluding hydrogens is 348 g/mol. The first-order valence-electron chi connectivity index (χ1n) is 8.82. The van der Waals surface area contributed by atoms with E-state index in [2.05, 4.69) is 25.7 Å². The molecule has 1 heterocycles. The highest BCUT2D eigenvalue weighted by molar-refractivity contribution is 7.89. The first-order chi connectivity index (χ1) is 12.2. The minimum Gasteiger partial charge on any atom is -0.508 e. The van der Waals surface area contributed by atoms with Crippen LogP contribution in [0.4, 0.5) is 5.69 Å². The molecule has 3 rings (SSSR count). The van der Waals surface area contributed by atoms with Gasteiger partial charge >= 0.3 is 0 Å². The van der Waals surface area contributed by atoms with Crippen LogP contribution in [0.15, 0.2) is 53.4 Å². The lowest BCUT2D eigenvalue weighted by Gasteiger charge is -2.35. The third kappa shape index (κ3) is 3.86. The van der Waals surface area contributed by atoms with Crippen LogP contribution in [0.3, 0.4) is 0 Å². The van der Waals surface area contributed by atoms with Gasteiger partial charge in [-0.05, 0) is 35.2 Å². The van der Waals surface area contributed by atoms with Crippen molar-refractivity contribution in [2.45, 2.75) is 31.1 Å². The molecule has 0 bridgehead atoms. The van der Waals surface area contributed by atoms with Crippen molar-refractivity contribution in [2.24, 2.45) is 0 Å². The summed E-state index contributed by atoms with van der Waals surface area (Å²) < 4.78 is 27.4. The second-order valence-corrected chi connectivity index (χ2v) is 9.62. The van der Waals surface area contributed by atoms with Gasteiger partial charge in [0.05, 0.1) is 4.90 Å². The number of nitrogens with zero attached hydrogens (tertiary/aromatic N) is 2. The molecule has 2 aromatic rings. The van der Waals surface area contributed by atoms with Crippen LogP contribution in [0.1, 0.15) is 26.3 Å². The predicted octanol–water partition coefficient (Wildman–Crippen LogP) is 3.20. The average Bonchev–Trinajstić information content (AvgIpc) is 2.61. The Morgan fingerprint density at radius 2 is 1.54 bits per heavy atom. The molecule has 6 heteroatoms. The molecule has 5 nitrogen and oxygen atoms in total. The van der Waals surface area contributed by atoms with E-state index < -0.39 is 10.0 Å². The molecule has 0 atom stereocenters. The SMILES string of the molecule is CC(C)(C)c1ccc(S(=O)(=O)N2CCN(c3cccc(O)c3)CC2)cc1. The zero-order valence-corrected chi connectivity index (χ0v) is 16.3. The quantitative estimate of drug-likeness (QED) is 0.896. The molecule has 26 heavy (non-hydrogen) atoms. The monoisotopic (exact) mass is 374 g/mol. The summed E-state index contributed by atoms with van der Waals surface area (Å²) in [5.74, 6) is 0.219. The highest BCUT2D eigenvalue weighted by atomic mass is 32.2. The van der Waals surface area contributed by atoms with E-state index in [1.165, 1.54) is 0 Å². The molecular formula is C20H26N2O3S. The van der Waals surface area contributed by atoms with Crippen molar-refractivity contribution in [3.63, 3.8) is 0 Å². The number of phenols is 1. The molecule has 0 aliphatic carbocycles. The number of aromatic hydroxyl groups is 1. The highest BCUT2D eigenvalue weighted by Crippen LogP contribution is 2.26. The lowest BCUT2D eigenvalue weighted by atomic mass is 9.87. The van der Waals surface area contributed by atoms with E-state index in [-0.39, 0.29) is 11.2 Å². The van der Waals surface area contributed by atoms with Crippen molar-refractivity contribution in [2.75, 3.05) is 31.1 Å². The Morgan fingerprint density at radius 3 is 2.08 bits per heavy atom. The number of phenolic OH excluding ortho intramolecular Hbond substituents is 1. The van der Waals surface area contributed by atoms with Crippen LogP contribution in [-0.4, -0.2) is 44.0 Å². The second kappa shape index (κ2) is 6.93. The molecule has 0 unspecified atom stereocenters. The molecule has 1 saturated heterocycles.